The van der Waals surface area contributed by atoms with E-state index < -0.39 is 5.60 Å². The van der Waals surface area contributed by atoms with E-state index in [1.165, 1.54) is 19.3 Å². The lowest BCUT2D eigenvalue weighted by atomic mass is 10.0. The molecule has 2 aliphatic rings. The minimum Gasteiger partial charge on any atom is -0.444 e. The van der Waals surface area contributed by atoms with Gasteiger partial charge in [0.2, 0.25) is 0 Å². The number of hydrogen-bond donors (Lipinski definition) is 1. The highest BCUT2D eigenvalue weighted by molar-refractivity contribution is 5.68. The average Bonchev–Trinajstić information content (AvgIpc) is 3.16. The second-order valence-corrected chi connectivity index (χ2v) is 7.48. The number of carbonyl (C=O) groups excluding carboxylic acids is 1. The number of carbonyl (C=O) groups is 1. The Bertz CT molecular complexity index is 337. The molecule has 0 aromatic rings. The topological polar surface area (TPSA) is 41.6 Å². The summed E-state index contributed by atoms with van der Waals surface area (Å²) in [5, 5.41) is 3.70. The number of nitrogens with zero attached hydrogens (tertiary/aromatic N) is 1. The molecule has 1 heterocycles. The largest absolute Gasteiger partial charge is 0.444 e. The van der Waals surface area contributed by atoms with Crippen molar-refractivity contribution in [2.24, 2.45) is 5.41 Å². The van der Waals surface area contributed by atoms with Crippen LogP contribution in [0, 0.1) is 5.41 Å². The highest BCUT2D eigenvalue weighted by atomic mass is 16.6. The molecule has 0 aromatic heterocycles. The molecule has 0 bridgehead atoms. The van der Waals surface area contributed by atoms with Crippen molar-refractivity contribution in [2.75, 3.05) is 19.6 Å². The van der Waals surface area contributed by atoms with E-state index in [1.54, 1.807) is 0 Å². The number of piperidine rings is 1. The molecule has 116 valence electrons. The van der Waals surface area contributed by atoms with Crippen molar-refractivity contribution < 1.29 is 9.53 Å². The zero-order chi connectivity index (χ0) is 14.8. The number of amides is 1. The van der Waals surface area contributed by atoms with Gasteiger partial charge in [-0.1, -0.05) is 6.92 Å². The van der Waals surface area contributed by atoms with Crippen LogP contribution in [0.4, 0.5) is 4.79 Å². The zero-order valence-electron chi connectivity index (χ0n) is 13.5. The number of hydrogen-bond acceptors (Lipinski definition) is 3. The second-order valence-electron chi connectivity index (χ2n) is 7.48. The lowest BCUT2D eigenvalue weighted by Gasteiger charge is -2.34. The first-order chi connectivity index (χ1) is 9.34. The third-order valence-corrected chi connectivity index (χ3v) is 4.62. The van der Waals surface area contributed by atoms with Crippen molar-refractivity contribution >= 4 is 6.09 Å². The van der Waals surface area contributed by atoms with Crippen LogP contribution in [0.15, 0.2) is 0 Å². The molecule has 1 saturated heterocycles. The van der Waals surface area contributed by atoms with Gasteiger partial charge in [0.15, 0.2) is 0 Å². The summed E-state index contributed by atoms with van der Waals surface area (Å²) in [5.74, 6) is 0. The van der Waals surface area contributed by atoms with E-state index in [1.807, 2.05) is 25.7 Å². The molecule has 20 heavy (non-hydrogen) atoms. The van der Waals surface area contributed by atoms with Crippen LogP contribution in [-0.4, -0.2) is 42.3 Å². The summed E-state index contributed by atoms with van der Waals surface area (Å²) in [6.45, 7) is 10.8. The van der Waals surface area contributed by atoms with Crippen LogP contribution in [-0.2, 0) is 4.74 Å². The van der Waals surface area contributed by atoms with E-state index in [2.05, 4.69) is 12.2 Å². The van der Waals surface area contributed by atoms with Gasteiger partial charge in [0, 0.05) is 25.7 Å². The zero-order valence-corrected chi connectivity index (χ0v) is 13.5. The quantitative estimate of drug-likeness (QED) is 0.861. The highest BCUT2D eigenvalue weighted by Gasteiger charge is 2.40. The summed E-state index contributed by atoms with van der Waals surface area (Å²) < 4.78 is 5.42. The Morgan fingerprint density at radius 3 is 2.35 bits per heavy atom. The molecule has 4 heteroatoms. The van der Waals surface area contributed by atoms with Gasteiger partial charge in [-0.05, 0) is 58.3 Å². The summed E-state index contributed by atoms with van der Waals surface area (Å²) in [7, 11) is 0. The molecule has 1 aliphatic heterocycles. The van der Waals surface area contributed by atoms with Gasteiger partial charge in [-0.15, -0.1) is 0 Å². The van der Waals surface area contributed by atoms with Gasteiger partial charge in [0.05, 0.1) is 0 Å². The van der Waals surface area contributed by atoms with E-state index in [4.69, 9.17) is 4.74 Å². The first-order valence-corrected chi connectivity index (χ1v) is 8.05. The van der Waals surface area contributed by atoms with Gasteiger partial charge >= 0.3 is 6.09 Å². The molecule has 4 nitrogen and oxygen atoms in total. The Morgan fingerprint density at radius 2 is 1.90 bits per heavy atom. The molecule has 0 aromatic carbocycles. The van der Waals surface area contributed by atoms with E-state index in [0.717, 1.165) is 32.5 Å². The van der Waals surface area contributed by atoms with Crippen molar-refractivity contribution in [1.82, 2.24) is 10.2 Å². The van der Waals surface area contributed by atoms with Crippen LogP contribution >= 0.6 is 0 Å². The molecule has 2 rings (SSSR count). The molecular weight excluding hydrogens is 252 g/mol. The Labute approximate surface area is 123 Å². The van der Waals surface area contributed by atoms with Crippen LogP contribution in [0.5, 0.6) is 0 Å². The lowest BCUT2D eigenvalue weighted by Crippen LogP contribution is -2.47. The van der Waals surface area contributed by atoms with Gasteiger partial charge in [0.1, 0.15) is 5.60 Å². The van der Waals surface area contributed by atoms with E-state index in [-0.39, 0.29) is 6.09 Å². The van der Waals surface area contributed by atoms with Crippen LogP contribution in [0.25, 0.3) is 0 Å². The first-order valence-electron chi connectivity index (χ1n) is 8.05. The van der Waals surface area contributed by atoms with Crippen molar-refractivity contribution in [3.8, 4) is 0 Å². The minimum absolute atomic E-state index is 0.164. The van der Waals surface area contributed by atoms with Gasteiger partial charge in [-0.2, -0.15) is 0 Å². The predicted molar refractivity (Wildman–Crippen MR) is 80.8 cm³/mol. The summed E-state index contributed by atoms with van der Waals surface area (Å²) in [4.78, 5) is 13.8. The van der Waals surface area contributed by atoms with Crippen molar-refractivity contribution in [1.29, 1.82) is 0 Å². The van der Waals surface area contributed by atoms with E-state index in [9.17, 15) is 4.79 Å². The Balaban J connectivity index is 1.68. The fourth-order valence-electron chi connectivity index (χ4n) is 2.79. The standard InChI is InChI=1S/C16H30N2O2/c1-5-16(8-9-16)12-17-13-6-10-18(11-7-13)14(19)20-15(2,3)4/h13,17H,5-12H2,1-4H3. The second kappa shape index (κ2) is 5.92. The van der Waals surface area contributed by atoms with Crippen molar-refractivity contribution in [3.63, 3.8) is 0 Å². The van der Waals surface area contributed by atoms with Crippen LogP contribution in [0.3, 0.4) is 0 Å². The molecule has 1 saturated carbocycles. The minimum atomic E-state index is -0.397. The average molecular weight is 282 g/mol. The summed E-state index contributed by atoms with van der Waals surface area (Å²) >= 11 is 0. The fourth-order valence-corrected chi connectivity index (χ4v) is 2.79. The van der Waals surface area contributed by atoms with Crippen LogP contribution in [0.1, 0.15) is 59.8 Å². The summed E-state index contributed by atoms with van der Waals surface area (Å²) in [6, 6.07) is 0.567. The Hall–Kier alpha value is -0.770. The van der Waals surface area contributed by atoms with Crippen LogP contribution < -0.4 is 5.32 Å². The third-order valence-electron chi connectivity index (χ3n) is 4.62. The Morgan fingerprint density at radius 1 is 1.30 bits per heavy atom. The van der Waals surface area contributed by atoms with Gasteiger partial charge in [-0.25, -0.2) is 4.79 Å². The SMILES string of the molecule is CCC1(CNC2CCN(C(=O)OC(C)(C)C)CC2)CC1. The predicted octanol–water partition coefficient (Wildman–Crippen LogP) is 3.17. The molecule has 0 unspecified atom stereocenters. The lowest BCUT2D eigenvalue weighted by molar-refractivity contribution is 0.0197. The van der Waals surface area contributed by atoms with Crippen molar-refractivity contribution in [3.05, 3.63) is 0 Å². The maximum absolute atomic E-state index is 12.0. The molecular formula is C16H30N2O2. The summed E-state index contributed by atoms with van der Waals surface area (Å²) in [5.41, 5.74) is 0.202. The molecule has 1 N–H and O–H groups in total. The van der Waals surface area contributed by atoms with Crippen LogP contribution in [0.2, 0.25) is 0 Å². The summed E-state index contributed by atoms with van der Waals surface area (Å²) in [6.07, 6.45) is 5.97. The first kappa shape index (κ1) is 15.6. The normalized spacial score (nSPS) is 22.7. The fraction of sp³-hybridized carbons (Fsp3) is 0.938. The smallest absolute Gasteiger partial charge is 0.410 e. The Kier molecular flexibility index (Phi) is 4.62. The third kappa shape index (κ3) is 4.37. The molecule has 1 amide bonds. The maximum atomic E-state index is 12.0. The molecule has 0 radical (unpaired) electrons. The monoisotopic (exact) mass is 282 g/mol. The number of ether oxygens (including phenoxy) is 1. The van der Waals surface area contributed by atoms with E-state index in [0.29, 0.717) is 11.5 Å². The molecule has 2 fully saturated rings. The molecule has 1 aliphatic carbocycles. The number of likely N-dealkylation sites (tertiary alicyclic amines) is 1. The van der Waals surface area contributed by atoms with Gasteiger partial charge in [0.25, 0.3) is 0 Å². The highest BCUT2D eigenvalue weighted by Crippen LogP contribution is 2.48. The molecule has 0 spiro atoms. The number of rotatable bonds is 4. The molecule has 0 atom stereocenters. The van der Waals surface area contributed by atoms with Gasteiger partial charge in [-0.3, -0.25) is 0 Å². The van der Waals surface area contributed by atoms with Crippen molar-refractivity contribution in [2.45, 2.75) is 71.4 Å². The number of nitrogens with one attached hydrogen (secondary N) is 1. The van der Waals surface area contributed by atoms with E-state index >= 15 is 0 Å². The van der Waals surface area contributed by atoms with Gasteiger partial charge < -0.3 is 15.0 Å². The maximum Gasteiger partial charge on any atom is 0.410 e.